The number of hydrogen-bond donors (Lipinski definition) is 0. The fraction of sp³-hybridized carbons (Fsp3) is 0.273. The van der Waals surface area contributed by atoms with Crippen molar-refractivity contribution in [2.75, 3.05) is 43.4 Å². The van der Waals surface area contributed by atoms with Crippen molar-refractivity contribution < 1.29 is 18.8 Å². The summed E-state index contributed by atoms with van der Waals surface area (Å²) in [6.45, 7) is 5.06. The van der Waals surface area contributed by atoms with Crippen molar-refractivity contribution in [1.29, 1.82) is 0 Å². The minimum Gasteiger partial charge on any atom is -0.339 e. The van der Waals surface area contributed by atoms with E-state index in [2.05, 4.69) is 0 Å². The molecule has 0 bridgehead atoms. The number of halogens is 1. The van der Waals surface area contributed by atoms with Crippen LogP contribution in [0.4, 0.5) is 10.2 Å². The van der Waals surface area contributed by atoms with Gasteiger partial charge in [0.05, 0.1) is 22.4 Å². The average molecular weight is 598 g/mol. The molecule has 0 saturated carbocycles. The van der Waals surface area contributed by atoms with Gasteiger partial charge in [-0.05, 0) is 42.3 Å². The number of benzene rings is 3. The highest BCUT2D eigenvalue weighted by Crippen LogP contribution is 2.48. The second-order valence-electron chi connectivity index (χ2n) is 10.8. The van der Waals surface area contributed by atoms with Crippen LogP contribution in [-0.4, -0.2) is 75.8 Å². The molecule has 43 heavy (non-hydrogen) atoms. The molecule has 1 saturated heterocycles. The summed E-state index contributed by atoms with van der Waals surface area (Å²) in [6, 6.07) is 24.0. The number of rotatable bonds is 5. The molecule has 2 aliphatic heterocycles. The van der Waals surface area contributed by atoms with Crippen molar-refractivity contribution in [2.45, 2.75) is 19.1 Å². The molecule has 3 aromatic carbocycles. The zero-order valence-electron chi connectivity index (χ0n) is 24.1. The van der Waals surface area contributed by atoms with E-state index in [9.17, 15) is 18.8 Å². The van der Waals surface area contributed by atoms with Gasteiger partial charge in [-0.15, -0.1) is 11.8 Å². The highest BCUT2D eigenvalue weighted by atomic mass is 32.2. The van der Waals surface area contributed by atoms with E-state index in [0.717, 1.165) is 22.4 Å². The molecule has 2 aliphatic rings. The molecular weight excluding hydrogens is 565 g/mol. The van der Waals surface area contributed by atoms with Crippen molar-refractivity contribution in [2.24, 2.45) is 0 Å². The number of nitrogens with zero attached hydrogens (tertiary/aromatic N) is 5. The molecular formula is C33H32FN5O3S. The second-order valence-corrected chi connectivity index (χ2v) is 11.9. The van der Waals surface area contributed by atoms with Gasteiger partial charge in [0.25, 0.3) is 0 Å². The molecule has 0 unspecified atom stereocenters. The van der Waals surface area contributed by atoms with Gasteiger partial charge in [-0.25, -0.2) is 9.07 Å². The molecule has 0 spiro atoms. The van der Waals surface area contributed by atoms with Crippen molar-refractivity contribution in [3.63, 3.8) is 0 Å². The van der Waals surface area contributed by atoms with Gasteiger partial charge in [0.15, 0.2) is 0 Å². The van der Waals surface area contributed by atoms with E-state index < -0.39 is 5.25 Å². The number of carbonyl (C=O) groups excluding carboxylic acids is 3. The van der Waals surface area contributed by atoms with Crippen LogP contribution >= 0.6 is 11.8 Å². The number of aromatic nitrogens is 2. The van der Waals surface area contributed by atoms with Crippen molar-refractivity contribution in [1.82, 2.24) is 19.6 Å². The van der Waals surface area contributed by atoms with Crippen LogP contribution in [0, 0.1) is 12.7 Å². The number of fused-ring (bicyclic) bond motifs is 1. The zero-order chi connectivity index (χ0) is 30.1. The van der Waals surface area contributed by atoms with E-state index in [1.54, 1.807) is 25.4 Å². The van der Waals surface area contributed by atoms with E-state index in [0.29, 0.717) is 43.3 Å². The summed E-state index contributed by atoms with van der Waals surface area (Å²) in [7, 11) is 0. The van der Waals surface area contributed by atoms with Crippen molar-refractivity contribution >= 4 is 35.3 Å². The molecule has 220 valence electrons. The lowest BCUT2D eigenvalue weighted by molar-refractivity contribution is -0.137. The van der Waals surface area contributed by atoms with Gasteiger partial charge in [0.1, 0.15) is 18.2 Å². The smallest absolute Gasteiger partial charge is 0.242 e. The second kappa shape index (κ2) is 12.0. The number of hydrogen-bond acceptors (Lipinski definition) is 5. The maximum absolute atomic E-state index is 14.6. The minimum atomic E-state index is -0.414. The maximum atomic E-state index is 14.6. The summed E-state index contributed by atoms with van der Waals surface area (Å²) < 4.78 is 16.3. The fourth-order valence-electron chi connectivity index (χ4n) is 5.71. The summed E-state index contributed by atoms with van der Waals surface area (Å²) in [4.78, 5) is 44.5. The summed E-state index contributed by atoms with van der Waals surface area (Å²) in [5.41, 5.74) is 4.76. The Kier molecular flexibility index (Phi) is 8.03. The van der Waals surface area contributed by atoms with Crippen molar-refractivity contribution in [3.8, 4) is 16.9 Å². The van der Waals surface area contributed by atoms with Crippen LogP contribution in [0.1, 0.15) is 28.9 Å². The predicted molar refractivity (Wildman–Crippen MR) is 166 cm³/mol. The van der Waals surface area contributed by atoms with Gasteiger partial charge >= 0.3 is 0 Å². The zero-order valence-corrected chi connectivity index (χ0v) is 24.9. The van der Waals surface area contributed by atoms with Crippen LogP contribution in [0.15, 0.2) is 78.9 Å². The van der Waals surface area contributed by atoms with E-state index in [1.165, 1.54) is 30.8 Å². The van der Waals surface area contributed by atoms with E-state index in [4.69, 9.17) is 5.10 Å². The number of anilines is 1. The number of carbonyl (C=O) groups is 3. The van der Waals surface area contributed by atoms with E-state index in [1.807, 2.05) is 67.6 Å². The molecule has 6 rings (SSSR count). The molecule has 8 nitrogen and oxygen atoms in total. The van der Waals surface area contributed by atoms with Crippen LogP contribution in [0.5, 0.6) is 0 Å². The lowest BCUT2D eigenvalue weighted by Gasteiger charge is -2.35. The summed E-state index contributed by atoms with van der Waals surface area (Å²) >= 11 is 1.41. The number of thioether (sulfide) groups is 1. The van der Waals surface area contributed by atoms with Gasteiger partial charge in [-0.2, -0.15) is 5.10 Å². The molecule has 1 aromatic heterocycles. The molecule has 0 aliphatic carbocycles. The normalized spacial score (nSPS) is 17.0. The van der Waals surface area contributed by atoms with Crippen LogP contribution in [0.2, 0.25) is 0 Å². The highest BCUT2D eigenvalue weighted by Gasteiger charge is 2.38. The lowest BCUT2D eigenvalue weighted by Crippen LogP contribution is -2.53. The molecule has 3 heterocycles. The first kappa shape index (κ1) is 28.7. The number of aryl methyl sites for hydroxylation is 1. The third-order valence-electron chi connectivity index (χ3n) is 7.90. The monoisotopic (exact) mass is 597 g/mol. The largest absolute Gasteiger partial charge is 0.339 e. The van der Waals surface area contributed by atoms with E-state index in [-0.39, 0.29) is 35.8 Å². The van der Waals surface area contributed by atoms with Gasteiger partial charge in [-0.1, -0.05) is 54.6 Å². The quantitative estimate of drug-likeness (QED) is 0.329. The molecule has 10 heteroatoms. The maximum Gasteiger partial charge on any atom is 0.242 e. The first-order chi connectivity index (χ1) is 20.8. The average Bonchev–Trinajstić information content (AvgIpc) is 3.34. The predicted octanol–water partition coefficient (Wildman–Crippen LogP) is 4.85. The summed E-state index contributed by atoms with van der Waals surface area (Å²) in [5, 5.41) is 4.68. The summed E-state index contributed by atoms with van der Waals surface area (Å²) in [5.74, 6) is -0.202. The van der Waals surface area contributed by atoms with Gasteiger partial charge in [0, 0.05) is 44.2 Å². The third kappa shape index (κ3) is 5.79. The fourth-order valence-corrected chi connectivity index (χ4v) is 6.89. The Bertz CT molecular complexity index is 1680. The molecule has 3 amide bonds. The Morgan fingerprint density at radius 1 is 0.930 bits per heavy atom. The molecule has 0 radical (unpaired) electrons. The van der Waals surface area contributed by atoms with Crippen LogP contribution in [0.25, 0.3) is 16.9 Å². The first-order valence-electron chi connectivity index (χ1n) is 14.3. The Balaban J connectivity index is 1.52. The standard InChI is InChI=1S/C33H32FN5O3S/c1-22-8-6-13-27(18-22)39-33-30(31(35-39)24-9-4-3-5-10-24)32(25-11-7-12-26(34)19-25)43-21-29(42)38(33)20-28(41)37-16-14-36(15-17-37)23(2)40/h3-13,18-19,32H,14-17,20-21H2,1-2H3/t32-/m0/s1. The topological polar surface area (TPSA) is 78.8 Å². The highest BCUT2D eigenvalue weighted by molar-refractivity contribution is 8.00. The Morgan fingerprint density at radius 3 is 2.35 bits per heavy atom. The Hall–Kier alpha value is -4.44. The molecule has 0 N–H and O–H groups in total. The minimum absolute atomic E-state index is 0.0182. The van der Waals surface area contributed by atoms with Crippen LogP contribution in [0.3, 0.4) is 0 Å². The van der Waals surface area contributed by atoms with Gasteiger partial charge in [-0.3, -0.25) is 19.3 Å². The third-order valence-corrected chi connectivity index (χ3v) is 9.16. The lowest BCUT2D eigenvalue weighted by atomic mass is 9.99. The van der Waals surface area contributed by atoms with Crippen LogP contribution < -0.4 is 4.90 Å². The summed E-state index contributed by atoms with van der Waals surface area (Å²) in [6.07, 6.45) is 0. The molecule has 4 aromatic rings. The molecule has 1 atom stereocenters. The van der Waals surface area contributed by atoms with Gasteiger partial charge < -0.3 is 9.80 Å². The van der Waals surface area contributed by atoms with Crippen molar-refractivity contribution in [3.05, 3.63) is 101 Å². The van der Waals surface area contributed by atoms with Crippen LogP contribution in [-0.2, 0) is 14.4 Å². The van der Waals surface area contributed by atoms with Gasteiger partial charge in [0.2, 0.25) is 17.7 Å². The SMILES string of the molecule is CC(=O)N1CCN(C(=O)CN2C(=O)CS[C@@H](c3cccc(F)c3)c3c(-c4ccccc4)nn(-c4cccc(C)c4)c32)CC1. The number of amides is 3. The number of piperazine rings is 1. The van der Waals surface area contributed by atoms with E-state index >= 15 is 0 Å². The Morgan fingerprint density at radius 2 is 1.65 bits per heavy atom. The molecule has 1 fully saturated rings. The Labute approximate surface area is 254 Å². The first-order valence-corrected chi connectivity index (χ1v) is 15.3.